The molecule has 0 bridgehead atoms. The molecule has 0 spiro atoms. The van der Waals surface area contributed by atoms with Crippen LogP contribution in [0.25, 0.3) is 11.1 Å². The van der Waals surface area contributed by atoms with Crippen molar-refractivity contribution in [2.24, 2.45) is 40.9 Å². The minimum absolute atomic E-state index is 0.337. The van der Waals surface area contributed by atoms with E-state index < -0.39 is 0 Å². The number of allylic oxidation sites excluding steroid dienone is 4. The number of hydrogen-bond acceptors (Lipinski definition) is 0. The first-order valence-electron chi connectivity index (χ1n) is 16.4. The summed E-state index contributed by atoms with van der Waals surface area (Å²) in [4.78, 5) is 0. The van der Waals surface area contributed by atoms with Crippen LogP contribution in [-0.4, -0.2) is 0 Å². The highest BCUT2D eigenvalue weighted by Crippen LogP contribution is 2.66. The van der Waals surface area contributed by atoms with E-state index >= 15 is 0 Å². The molecule has 2 unspecified atom stereocenters. The lowest BCUT2D eigenvalue weighted by Gasteiger charge is -2.46. The Bertz CT molecular complexity index is 1180. The monoisotopic (exact) mass is 500 g/mol. The molecule has 0 radical (unpaired) electrons. The first-order chi connectivity index (χ1) is 18.8. The number of benzene rings is 2. The molecule has 0 heteroatoms. The van der Waals surface area contributed by atoms with Gasteiger partial charge in [0.25, 0.3) is 0 Å². The molecule has 2 aromatic rings. The average molecular weight is 501 g/mol. The van der Waals surface area contributed by atoms with Crippen LogP contribution >= 0.6 is 0 Å². The zero-order chi connectivity index (χ0) is 24.8. The van der Waals surface area contributed by atoms with E-state index in [1.165, 1.54) is 83.5 Å². The Kier molecular flexibility index (Phi) is 5.05. The van der Waals surface area contributed by atoms with E-state index in [4.69, 9.17) is 0 Å². The molecular weight excluding hydrogens is 456 g/mol. The van der Waals surface area contributed by atoms with Crippen LogP contribution in [-0.2, 0) is 0 Å². The van der Waals surface area contributed by atoms with Crippen LogP contribution in [0.2, 0.25) is 0 Å². The third-order valence-corrected chi connectivity index (χ3v) is 12.2. The molecule has 2 atom stereocenters. The van der Waals surface area contributed by atoms with Crippen molar-refractivity contribution in [2.75, 3.05) is 0 Å². The second-order valence-electron chi connectivity index (χ2n) is 14.6. The van der Waals surface area contributed by atoms with E-state index in [-0.39, 0.29) is 0 Å². The van der Waals surface area contributed by atoms with Crippen LogP contribution in [0.5, 0.6) is 0 Å². The summed E-state index contributed by atoms with van der Waals surface area (Å²) in [5.74, 6) is 6.75. The molecule has 0 N–H and O–H groups in total. The molecular formula is C38H44. The minimum atomic E-state index is 0.337. The summed E-state index contributed by atoms with van der Waals surface area (Å²) in [6.45, 7) is 0. The number of rotatable bonds is 8. The molecule has 196 valence electrons. The van der Waals surface area contributed by atoms with Gasteiger partial charge in [-0.2, -0.15) is 0 Å². The van der Waals surface area contributed by atoms with E-state index in [1.54, 1.807) is 33.4 Å². The lowest BCUT2D eigenvalue weighted by molar-refractivity contribution is 0.144. The van der Waals surface area contributed by atoms with Gasteiger partial charge >= 0.3 is 0 Å². The third kappa shape index (κ3) is 3.54. The van der Waals surface area contributed by atoms with Gasteiger partial charge in [0.1, 0.15) is 0 Å². The molecule has 0 nitrogen and oxygen atoms in total. The van der Waals surface area contributed by atoms with Crippen molar-refractivity contribution in [2.45, 2.75) is 95.3 Å². The van der Waals surface area contributed by atoms with E-state index in [2.05, 4.69) is 60.7 Å². The predicted molar refractivity (Wildman–Crippen MR) is 158 cm³/mol. The van der Waals surface area contributed by atoms with Crippen molar-refractivity contribution in [3.8, 4) is 0 Å². The van der Waals surface area contributed by atoms with Gasteiger partial charge in [-0.05, 0) is 139 Å². The first kappa shape index (κ1) is 22.7. The van der Waals surface area contributed by atoms with Crippen molar-refractivity contribution >= 4 is 11.1 Å². The van der Waals surface area contributed by atoms with Gasteiger partial charge in [0.2, 0.25) is 0 Å². The van der Waals surface area contributed by atoms with Crippen LogP contribution in [0.3, 0.4) is 0 Å². The molecule has 7 aliphatic carbocycles. The number of hydrogen-bond donors (Lipinski definition) is 0. The van der Waals surface area contributed by atoms with Gasteiger partial charge in [-0.3, -0.25) is 0 Å². The van der Waals surface area contributed by atoms with E-state index in [0.717, 1.165) is 35.5 Å². The topological polar surface area (TPSA) is 0 Å². The zero-order valence-corrected chi connectivity index (χ0v) is 23.1. The van der Waals surface area contributed by atoms with Gasteiger partial charge in [-0.1, -0.05) is 79.9 Å². The van der Waals surface area contributed by atoms with Crippen LogP contribution in [0.1, 0.15) is 118 Å². The van der Waals surface area contributed by atoms with Gasteiger partial charge in [0.05, 0.1) is 0 Å². The highest BCUT2D eigenvalue weighted by Gasteiger charge is 2.54. The smallest absolute Gasteiger partial charge is 0.00954 e. The Morgan fingerprint density at radius 3 is 1.29 bits per heavy atom. The summed E-state index contributed by atoms with van der Waals surface area (Å²) in [5, 5.41) is 0. The SMILES string of the molecule is C1=C(C(C2CC2)C2CC2)c2ccccc2C1C1(C2C=C(C(C3CC3)C3CC3)c3ccccc32)CCCCC1. The summed E-state index contributed by atoms with van der Waals surface area (Å²) in [7, 11) is 0. The van der Waals surface area contributed by atoms with Gasteiger partial charge in [0.15, 0.2) is 0 Å². The second-order valence-corrected chi connectivity index (χ2v) is 14.6. The molecule has 7 aliphatic rings. The molecule has 0 aliphatic heterocycles. The highest BCUT2D eigenvalue weighted by atomic mass is 14.6. The third-order valence-electron chi connectivity index (χ3n) is 12.2. The molecule has 5 fully saturated rings. The summed E-state index contributed by atoms with van der Waals surface area (Å²) >= 11 is 0. The van der Waals surface area contributed by atoms with Crippen LogP contribution < -0.4 is 0 Å². The summed E-state index contributed by atoms with van der Waals surface area (Å²) in [6.07, 6.45) is 24.6. The van der Waals surface area contributed by atoms with Crippen molar-refractivity contribution in [3.05, 3.63) is 82.9 Å². The standard InChI is InChI=1S/C38H44/c1-6-20-38(21-7-1,34-22-32(28-8-2-4-10-30(28)34)36(24-12-13-24)25-14-15-25)35-23-33(29-9-3-5-11-31(29)35)37(26-16-17-26)27-18-19-27/h2-5,8-11,22-27,34-37H,1,6-7,12-21H2. The van der Waals surface area contributed by atoms with Crippen LogP contribution in [0.4, 0.5) is 0 Å². The molecule has 9 rings (SSSR count). The van der Waals surface area contributed by atoms with Gasteiger partial charge in [-0.25, -0.2) is 0 Å². The fourth-order valence-electron chi connectivity index (χ4n) is 9.95. The van der Waals surface area contributed by atoms with E-state index in [0.29, 0.717) is 17.3 Å². The molecule has 0 heterocycles. The van der Waals surface area contributed by atoms with Gasteiger partial charge in [-0.15, -0.1) is 0 Å². The first-order valence-corrected chi connectivity index (χ1v) is 16.4. The van der Waals surface area contributed by atoms with E-state index in [9.17, 15) is 0 Å². The Morgan fingerprint density at radius 1 is 0.500 bits per heavy atom. The fourth-order valence-corrected chi connectivity index (χ4v) is 9.95. The second kappa shape index (κ2) is 8.46. The zero-order valence-electron chi connectivity index (χ0n) is 23.1. The summed E-state index contributed by atoms with van der Waals surface area (Å²) in [5.41, 5.74) is 10.6. The lowest BCUT2D eigenvalue weighted by Crippen LogP contribution is -2.35. The van der Waals surface area contributed by atoms with Crippen molar-refractivity contribution < 1.29 is 0 Å². The quantitative estimate of drug-likeness (QED) is 0.338. The maximum Gasteiger partial charge on any atom is 0.00954 e. The maximum atomic E-state index is 2.89. The molecule has 0 saturated heterocycles. The minimum Gasteiger partial charge on any atom is -0.0723 e. The van der Waals surface area contributed by atoms with E-state index in [1.807, 2.05) is 0 Å². The summed E-state index contributed by atoms with van der Waals surface area (Å²) in [6, 6.07) is 19.5. The Hall–Kier alpha value is -2.08. The molecule has 38 heavy (non-hydrogen) atoms. The van der Waals surface area contributed by atoms with Crippen LogP contribution in [0, 0.1) is 40.9 Å². The fraction of sp³-hybridized carbons (Fsp3) is 0.579. The molecule has 0 aromatic heterocycles. The molecule has 2 aromatic carbocycles. The molecule has 0 amide bonds. The van der Waals surface area contributed by atoms with Crippen molar-refractivity contribution in [1.29, 1.82) is 0 Å². The van der Waals surface area contributed by atoms with Crippen LogP contribution in [0.15, 0.2) is 60.7 Å². The maximum absolute atomic E-state index is 2.89. The summed E-state index contributed by atoms with van der Waals surface area (Å²) < 4.78 is 0. The largest absolute Gasteiger partial charge is 0.0723 e. The van der Waals surface area contributed by atoms with Gasteiger partial charge < -0.3 is 0 Å². The Morgan fingerprint density at radius 2 is 0.895 bits per heavy atom. The Balaban J connectivity index is 1.19. The molecule has 5 saturated carbocycles. The Labute approximate surface area is 230 Å². The normalized spacial score (nSPS) is 29.8. The predicted octanol–water partition coefficient (Wildman–Crippen LogP) is 10.2. The van der Waals surface area contributed by atoms with Crippen molar-refractivity contribution in [1.82, 2.24) is 0 Å². The number of fused-ring (bicyclic) bond motifs is 2. The lowest BCUT2D eigenvalue weighted by atomic mass is 9.57. The average Bonchev–Trinajstić information content (AvgIpc) is 3.77. The highest BCUT2D eigenvalue weighted by molar-refractivity contribution is 5.80. The van der Waals surface area contributed by atoms with Gasteiger partial charge in [0, 0.05) is 11.8 Å². The van der Waals surface area contributed by atoms with Crippen molar-refractivity contribution in [3.63, 3.8) is 0 Å².